The van der Waals surface area contributed by atoms with E-state index in [1.54, 1.807) is 11.3 Å². The molecule has 2 rings (SSSR count). The molecule has 1 fully saturated rings. The van der Waals surface area contributed by atoms with Crippen LogP contribution in [0.25, 0.3) is 0 Å². The van der Waals surface area contributed by atoms with Crippen molar-refractivity contribution < 1.29 is 9.53 Å². The fourth-order valence-electron chi connectivity index (χ4n) is 2.42. The van der Waals surface area contributed by atoms with E-state index in [4.69, 9.17) is 4.74 Å². The molecule has 0 saturated carbocycles. The fraction of sp³-hybridized carbons (Fsp3) is 0.643. The molecule has 1 aliphatic rings. The zero-order chi connectivity index (χ0) is 13.8. The molecule has 2 atom stereocenters. The number of hydrogen-bond donors (Lipinski definition) is 2. The summed E-state index contributed by atoms with van der Waals surface area (Å²) < 4.78 is 5.47. The van der Waals surface area contributed by atoms with E-state index in [1.807, 2.05) is 6.92 Å². The first kappa shape index (κ1) is 14.3. The number of nitrogens with one attached hydrogen (secondary N) is 2. The Kier molecular flexibility index (Phi) is 4.82. The van der Waals surface area contributed by atoms with Gasteiger partial charge < -0.3 is 15.4 Å². The molecule has 2 amide bonds. The Morgan fingerprint density at radius 1 is 1.58 bits per heavy atom. The molecule has 5 heteroatoms. The van der Waals surface area contributed by atoms with Crippen molar-refractivity contribution in [3.05, 3.63) is 21.4 Å². The summed E-state index contributed by atoms with van der Waals surface area (Å²) in [5.74, 6) is 0. The van der Waals surface area contributed by atoms with Crippen LogP contribution in [0.1, 0.15) is 41.1 Å². The van der Waals surface area contributed by atoms with Crippen molar-refractivity contribution in [1.29, 1.82) is 0 Å². The highest BCUT2D eigenvalue weighted by molar-refractivity contribution is 7.12. The quantitative estimate of drug-likeness (QED) is 0.892. The van der Waals surface area contributed by atoms with Crippen LogP contribution in [0.4, 0.5) is 4.79 Å². The summed E-state index contributed by atoms with van der Waals surface area (Å²) in [5.41, 5.74) is 1.20. The third-order valence-electron chi connectivity index (χ3n) is 3.41. The van der Waals surface area contributed by atoms with E-state index in [-0.39, 0.29) is 18.2 Å². The minimum Gasteiger partial charge on any atom is -0.376 e. The molecule has 0 radical (unpaired) electrons. The second kappa shape index (κ2) is 6.39. The third-order valence-corrected chi connectivity index (χ3v) is 4.39. The lowest BCUT2D eigenvalue weighted by Gasteiger charge is -2.16. The Morgan fingerprint density at radius 2 is 2.37 bits per heavy atom. The maximum Gasteiger partial charge on any atom is 0.315 e. The zero-order valence-corrected chi connectivity index (χ0v) is 12.6. The topological polar surface area (TPSA) is 50.4 Å². The van der Waals surface area contributed by atoms with E-state index < -0.39 is 0 Å². The Hall–Kier alpha value is -1.07. The molecular weight excluding hydrogens is 260 g/mol. The van der Waals surface area contributed by atoms with Gasteiger partial charge in [-0.25, -0.2) is 4.79 Å². The van der Waals surface area contributed by atoms with Gasteiger partial charge in [-0.05, 0) is 45.2 Å². The molecule has 0 aromatic carbocycles. The molecule has 0 spiro atoms. The normalized spacial score (nSPS) is 20.3. The van der Waals surface area contributed by atoms with Gasteiger partial charge in [0.15, 0.2) is 0 Å². The zero-order valence-electron chi connectivity index (χ0n) is 11.8. The van der Waals surface area contributed by atoms with Crippen LogP contribution in [0.15, 0.2) is 6.07 Å². The molecule has 1 aromatic rings. The Balaban J connectivity index is 1.79. The monoisotopic (exact) mass is 282 g/mol. The van der Waals surface area contributed by atoms with E-state index in [2.05, 4.69) is 30.5 Å². The van der Waals surface area contributed by atoms with Gasteiger partial charge in [0.1, 0.15) is 0 Å². The number of rotatable bonds is 4. The summed E-state index contributed by atoms with van der Waals surface area (Å²) in [6, 6.07) is 2.06. The molecule has 0 aliphatic carbocycles. The minimum atomic E-state index is -0.119. The highest BCUT2D eigenvalue weighted by Crippen LogP contribution is 2.25. The SMILES string of the molecule is Cc1cc([C@H](C)NC(=O)NC[C@H]2CCCO2)c(C)s1. The van der Waals surface area contributed by atoms with Gasteiger partial charge in [-0.15, -0.1) is 11.3 Å². The molecule has 106 valence electrons. The van der Waals surface area contributed by atoms with Crippen molar-refractivity contribution in [2.45, 2.75) is 45.8 Å². The summed E-state index contributed by atoms with van der Waals surface area (Å²) in [6.45, 7) is 7.61. The van der Waals surface area contributed by atoms with Crippen LogP contribution >= 0.6 is 11.3 Å². The number of carbonyl (C=O) groups is 1. The molecule has 1 aromatic heterocycles. The van der Waals surface area contributed by atoms with Crippen molar-refractivity contribution in [3.8, 4) is 0 Å². The van der Waals surface area contributed by atoms with Crippen LogP contribution in [0.5, 0.6) is 0 Å². The highest BCUT2D eigenvalue weighted by Gasteiger charge is 2.17. The maximum absolute atomic E-state index is 11.8. The van der Waals surface area contributed by atoms with Crippen LogP contribution in [0.2, 0.25) is 0 Å². The van der Waals surface area contributed by atoms with Crippen LogP contribution in [0, 0.1) is 13.8 Å². The third kappa shape index (κ3) is 3.94. The Morgan fingerprint density at radius 3 is 2.95 bits per heavy atom. The van der Waals surface area contributed by atoms with Crippen molar-refractivity contribution >= 4 is 17.4 Å². The number of aryl methyl sites for hydroxylation is 2. The number of thiophene rings is 1. The van der Waals surface area contributed by atoms with Gasteiger partial charge in [-0.2, -0.15) is 0 Å². The first-order valence-corrected chi connectivity index (χ1v) is 7.61. The van der Waals surface area contributed by atoms with Crippen LogP contribution in [-0.2, 0) is 4.74 Å². The second-order valence-electron chi connectivity index (χ2n) is 5.08. The summed E-state index contributed by atoms with van der Waals surface area (Å²) in [6.07, 6.45) is 2.32. The average Bonchev–Trinajstić information content (AvgIpc) is 2.96. The van der Waals surface area contributed by atoms with Crippen molar-refractivity contribution in [1.82, 2.24) is 10.6 Å². The van der Waals surface area contributed by atoms with E-state index in [0.29, 0.717) is 6.54 Å². The van der Waals surface area contributed by atoms with Gasteiger partial charge in [-0.3, -0.25) is 0 Å². The smallest absolute Gasteiger partial charge is 0.315 e. The molecule has 1 aliphatic heterocycles. The summed E-state index contributed by atoms with van der Waals surface area (Å²) in [4.78, 5) is 14.4. The molecule has 1 saturated heterocycles. The van der Waals surface area contributed by atoms with E-state index in [1.165, 1.54) is 15.3 Å². The molecular formula is C14H22N2O2S. The lowest BCUT2D eigenvalue weighted by atomic mass is 10.1. The van der Waals surface area contributed by atoms with Crippen molar-refractivity contribution in [3.63, 3.8) is 0 Å². The van der Waals surface area contributed by atoms with E-state index >= 15 is 0 Å². The fourth-order valence-corrected chi connectivity index (χ4v) is 3.44. The molecule has 0 unspecified atom stereocenters. The van der Waals surface area contributed by atoms with Crippen molar-refractivity contribution in [2.75, 3.05) is 13.2 Å². The highest BCUT2D eigenvalue weighted by atomic mass is 32.1. The molecule has 2 N–H and O–H groups in total. The van der Waals surface area contributed by atoms with Crippen LogP contribution in [-0.4, -0.2) is 25.3 Å². The number of amides is 2. The lowest BCUT2D eigenvalue weighted by Crippen LogP contribution is -2.40. The Labute approximate surface area is 118 Å². The molecule has 0 bridgehead atoms. The summed E-state index contributed by atoms with van der Waals surface area (Å²) >= 11 is 1.77. The standard InChI is InChI=1S/C14H22N2O2S/c1-9-7-13(11(3)19-9)10(2)16-14(17)15-8-12-5-4-6-18-12/h7,10,12H,4-6,8H2,1-3H3,(H2,15,16,17)/t10-,12+/m0/s1. The summed E-state index contributed by atoms with van der Waals surface area (Å²) in [5, 5.41) is 5.86. The predicted molar refractivity (Wildman–Crippen MR) is 77.7 cm³/mol. The molecule has 2 heterocycles. The van der Waals surface area contributed by atoms with Gasteiger partial charge >= 0.3 is 6.03 Å². The number of carbonyl (C=O) groups excluding carboxylic acids is 1. The Bertz CT molecular complexity index is 439. The van der Waals surface area contributed by atoms with Crippen LogP contribution in [0.3, 0.4) is 0 Å². The average molecular weight is 282 g/mol. The second-order valence-corrected chi connectivity index (χ2v) is 6.54. The largest absolute Gasteiger partial charge is 0.376 e. The predicted octanol–water partition coefficient (Wildman–Crippen LogP) is 2.90. The van der Waals surface area contributed by atoms with E-state index in [9.17, 15) is 4.79 Å². The van der Waals surface area contributed by atoms with Crippen LogP contribution < -0.4 is 10.6 Å². The maximum atomic E-state index is 11.8. The van der Waals surface area contributed by atoms with E-state index in [0.717, 1.165) is 19.4 Å². The van der Waals surface area contributed by atoms with Gasteiger partial charge in [0.05, 0.1) is 12.1 Å². The first-order valence-electron chi connectivity index (χ1n) is 6.79. The molecule has 4 nitrogen and oxygen atoms in total. The number of ether oxygens (including phenoxy) is 1. The van der Waals surface area contributed by atoms with Gasteiger partial charge in [0.25, 0.3) is 0 Å². The van der Waals surface area contributed by atoms with Gasteiger partial charge in [0.2, 0.25) is 0 Å². The minimum absolute atomic E-state index is 0.0365. The number of hydrogen-bond acceptors (Lipinski definition) is 3. The first-order chi connectivity index (χ1) is 9.06. The summed E-state index contributed by atoms with van der Waals surface area (Å²) in [7, 11) is 0. The van der Waals surface area contributed by atoms with Crippen molar-refractivity contribution in [2.24, 2.45) is 0 Å². The molecule has 19 heavy (non-hydrogen) atoms. The van der Waals surface area contributed by atoms with Gasteiger partial charge in [-0.1, -0.05) is 0 Å². The van der Waals surface area contributed by atoms with Gasteiger partial charge in [0, 0.05) is 22.9 Å². The lowest BCUT2D eigenvalue weighted by molar-refractivity contribution is 0.111. The number of urea groups is 1.